The first-order valence-electron chi connectivity index (χ1n) is 18.4. The molecule has 1 aromatic carbocycles. The Kier molecular flexibility index (Phi) is 16.2. The fourth-order valence-electron chi connectivity index (χ4n) is 6.25. The number of benzene rings is 1. The highest BCUT2D eigenvalue weighted by Gasteiger charge is 2.37. The van der Waals surface area contributed by atoms with Crippen molar-refractivity contribution in [1.82, 2.24) is 25.8 Å². The molecule has 0 aromatic heterocycles. The molecule has 54 heavy (non-hydrogen) atoms. The van der Waals surface area contributed by atoms with E-state index in [1.165, 1.54) is 17.9 Å². The summed E-state index contributed by atoms with van der Waals surface area (Å²) in [5.74, 6) is -4.64. The van der Waals surface area contributed by atoms with Crippen LogP contribution in [-0.4, -0.2) is 127 Å². The molecule has 16 heteroatoms. The molecule has 0 radical (unpaired) electrons. The molecule has 2 fully saturated rings. The van der Waals surface area contributed by atoms with Crippen molar-refractivity contribution < 1.29 is 47.8 Å². The highest BCUT2D eigenvalue weighted by atomic mass is 16.6. The van der Waals surface area contributed by atoms with Crippen LogP contribution in [0.15, 0.2) is 36.9 Å². The fourth-order valence-corrected chi connectivity index (χ4v) is 6.25. The minimum absolute atomic E-state index is 0.0165. The van der Waals surface area contributed by atoms with Crippen LogP contribution in [0.4, 0.5) is 5.69 Å². The van der Waals surface area contributed by atoms with Gasteiger partial charge in [-0.25, -0.2) is 0 Å². The van der Waals surface area contributed by atoms with E-state index in [4.69, 9.17) is 9.47 Å². The molecule has 296 valence electrons. The summed E-state index contributed by atoms with van der Waals surface area (Å²) < 4.78 is 10.1. The number of likely N-dealkylation sites (tertiary alicyclic amines) is 1. The summed E-state index contributed by atoms with van der Waals surface area (Å²) in [5.41, 5.74) is 0.556. The van der Waals surface area contributed by atoms with Crippen molar-refractivity contribution >= 4 is 52.9 Å². The summed E-state index contributed by atoms with van der Waals surface area (Å²) in [7, 11) is 0. The molecule has 2 saturated heterocycles. The Morgan fingerprint density at radius 1 is 0.907 bits per heavy atom. The summed E-state index contributed by atoms with van der Waals surface area (Å²) >= 11 is 0. The number of carbonyl (C=O) groups excluding carboxylic acids is 8. The number of esters is 2. The second kappa shape index (κ2) is 20.3. The Balaban J connectivity index is 1.57. The smallest absolute Gasteiger partial charge is 0.325 e. The van der Waals surface area contributed by atoms with Gasteiger partial charge >= 0.3 is 11.9 Å². The van der Waals surface area contributed by atoms with Gasteiger partial charge in [-0.1, -0.05) is 26.0 Å². The van der Waals surface area contributed by atoms with Crippen molar-refractivity contribution in [2.75, 3.05) is 50.8 Å². The number of carbonyl (C=O) groups is 8. The monoisotopic (exact) mass is 754 g/mol. The molecule has 0 spiro atoms. The van der Waals surface area contributed by atoms with Crippen molar-refractivity contribution in [2.45, 2.75) is 96.9 Å². The first-order valence-corrected chi connectivity index (χ1v) is 18.4. The quantitative estimate of drug-likeness (QED) is 0.118. The van der Waals surface area contributed by atoms with Gasteiger partial charge in [-0.05, 0) is 70.7 Å². The molecule has 3 atom stereocenters. The molecular weight excluding hydrogens is 700 g/mol. The summed E-state index contributed by atoms with van der Waals surface area (Å²) in [6, 6.07) is 4.15. The first kappa shape index (κ1) is 43.1. The standard InChI is InChI=1S/C38H54N6O10/c1-7-10-28(33(48)35(50)39-24-32(47)53-23-8-2)41-34(49)30-11-9-18-44(30)36(51)26-12-14-27(15-13-26)42-19-21-43(22-20-42)37(52)29(40-25(3)45)16-17-31(46)54-38(4,5)6/h8,12-15,28-30H,2,7,9-11,16-24H2,1,3-6H3,(H,39,50)(H,40,45)(H,41,49). The van der Waals surface area contributed by atoms with Gasteiger partial charge in [-0.2, -0.15) is 0 Å². The lowest BCUT2D eigenvalue weighted by atomic mass is 10.0. The number of nitrogens with zero attached hydrogens (tertiary/aromatic N) is 3. The molecule has 0 saturated carbocycles. The summed E-state index contributed by atoms with van der Waals surface area (Å²) in [4.78, 5) is 107. The van der Waals surface area contributed by atoms with Crippen LogP contribution in [0, 0.1) is 0 Å². The fraction of sp³-hybridized carbons (Fsp3) is 0.579. The molecule has 0 aliphatic carbocycles. The molecule has 3 N–H and O–H groups in total. The maximum absolute atomic E-state index is 13.6. The van der Waals surface area contributed by atoms with Crippen LogP contribution >= 0.6 is 0 Å². The number of nitrogens with one attached hydrogen (secondary N) is 3. The van der Waals surface area contributed by atoms with Crippen molar-refractivity contribution in [1.29, 1.82) is 0 Å². The zero-order valence-electron chi connectivity index (χ0n) is 31.9. The van der Waals surface area contributed by atoms with E-state index in [0.29, 0.717) is 57.5 Å². The summed E-state index contributed by atoms with van der Waals surface area (Å²) in [6.45, 7) is 13.4. The van der Waals surface area contributed by atoms with E-state index >= 15 is 0 Å². The maximum atomic E-state index is 13.6. The van der Waals surface area contributed by atoms with Crippen LogP contribution in [0.5, 0.6) is 0 Å². The van der Waals surface area contributed by atoms with Gasteiger partial charge in [-0.3, -0.25) is 38.4 Å². The average molecular weight is 755 g/mol. The van der Waals surface area contributed by atoms with Crippen LogP contribution in [0.3, 0.4) is 0 Å². The number of rotatable bonds is 17. The number of ketones is 1. The van der Waals surface area contributed by atoms with Gasteiger partial charge in [0.05, 0.1) is 6.04 Å². The predicted octanol–water partition coefficient (Wildman–Crippen LogP) is 1.27. The van der Waals surface area contributed by atoms with E-state index in [2.05, 4.69) is 27.4 Å². The lowest BCUT2D eigenvalue weighted by Gasteiger charge is -2.37. The molecule has 3 unspecified atom stereocenters. The van der Waals surface area contributed by atoms with Crippen molar-refractivity contribution in [3.63, 3.8) is 0 Å². The largest absolute Gasteiger partial charge is 0.460 e. The van der Waals surface area contributed by atoms with Crippen molar-refractivity contribution in [3.05, 3.63) is 42.5 Å². The topological polar surface area (TPSA) is 201 Å². The van der Waals surface area contributed by atoms with Crippen LogP contribution in [0.25, 0.3) is 0 Å². The van der Waals surface area contributed by atoms with E-state index in [1.807, 2.05) is 0 Å². The van der Waals surface area contributed by atoms with Crippen LogP contribution in [-0.2, 0) is 43.0 Å². The minimum atomic E-state index is -1.13. The van der Waals surface area contributed by atoms with Gasteiger partial charge < -0.3 is 40.1 Å². The Bertz CT molecular complexity index is 1550. The number of ether oxygens (including phenoxy) is 2. The van der Waals surface area contributed by atoms with E-state index in [0.717, 1.165) is 5.69 Å². The zero-order chi connectivity index (χ0) is 40.0. The van der Waals surface area contributed by atoms with E-state index in [-0.39, 0.29) is 43.6 Å². The van der Waals surface area contributed by atoms with Gasteiger partial charge in [0.2, 0.25) is 23.5 Å². The molecule has 0 bridgehead atoms. The SMILES string of the molecule is C=CCOC(=O)CNC(=O)C(=O)C(CCC)NC(=O)C1CCCN1C(=O)c1ccc(N2CCN(C(=O)C(CCC(=O)OC(C)(C)C)NC(C)=O)CC2)cc1. The number of piperazine rings is 1. The van der Waals surface area contributed by atoms with Crippen molar-refractivity contribution in [2.24, 2.45) is 0 Å². The summed E-state index contributed by atoms with van der Waals surface area (Å²) in [6.07, 6.45) is 3.11. The zero-order valence-corrected chi connectivity index (χ0v) is 31.9. The molecule has 2 aliphatic heterocycles. The highest BCUT2D eigenvalue weighted by Crippen LogP contribution is 2.24. The summed E-state index contributed by atoms with van der Waals surface area (Å²) in [5, 5.41) is 7.53. The average Bonchev–Trinajstić information content (AvgIpc) is 3.63. The van der Waals surface area contributed by atoms with E-state index in [1.54, 1.807) is 56.9 Å². The number of hydrogen-bond acceptors (Lipinski definition) is 11. The van der Waals surface area contributed by atoms with Gasteiger partial charge in [0.25, 0.3) is 11.8 Å². The third kappa shape index (κ3) is 13.0. The van der Waals surface area contributed by atoms with Crippen LogP contribution in [0.1, 0.15) is 83.5 Å². The highest BCUT2D eigenvalue weighted by molar-refractivity contribution is 6.38. The van der Waals surface area contributed by atoms with Crippen LogP contribution < -0.4 is 20.9 Å². The van der Waals surface area contributed by atoms with Gasteiger partial charge in [-0.15, -0.1) is 0 Å². The van der Waals surface area contributed by atoms with Gasteiger partial charge in [0, 0.05) is 57.3 Å². The molecule has 5 amide bonds. The Morgan fingerprint density at radius 2 is 1.57 bits per heavy atom. The number of anilines is 1. The second-order valence-corrected chi connectivity index (χ2v) is 14.3. The Hall–Kier alpha value is -5.28. The molecular formula is C38H54N6O10. The number of amides is 5. The molecule has 3 rings (SSSR count). The van der Waals surface area contributed by atoms with E-state index < -0.39 is 59.8 Å². The number of hydrogen-bond donors (Lipinski definition) is 3. The lowest BCUT2D eigenvalue weighted by Crippen LogP contribution is -2.55. The maximum Gasteiger partial charge on any atom is 0.325 e. The van der Waals surface area contributed by atoms with Gasteiger partial charge in [0.1, 0.15) is 30.8 Å². The van der Waals surface area contributed by atoms with Gasteiger partial charge in [0.15, 0.2) is 0 Å². The normalized spacial score (nSPS) is 16.8. The van der Waals surface area contributed by atoms with Crippen LogP contribution in [0.2, 0.25) is 0 Å². The Labute approximate surface area is 316 Å². The lowest BCUT2D eigenvalue weighted by molar-refractivity contribution is -0.155. The molecule has 2 heterocycles. The Morgan fingerprint density at radius 3 is 2.17 bits per heavy atom. The van der Waals surface area contributed by atoms with E-state index in [9.17, 15) is 38.4 Å². The predicted molar refractivity (Wildman–Crippen MR) is 198 cm³/mol. The minimum Gasteiger partial charge on any atom is -0.460 e. The second-order valence-electron chi connectivity index (χ2n) is 14.3. The molecule has 2 aliphatic rings. The first-order chi connectivity index (χ1) is 25.5. The number of Topliss-reactive ketones (excluding diaryl/α,β-unsaturated/α-hetero) is 1. The molecule has 1 aromatic rings. The third-order valence-corrected chi connectivity index (χ3v) is 8.81. The molecule has 16 nitrogen and oxygen atoms in total. The van der Waals surface area contributed by atoms with Crippen molar-refractivity contribution in [3.8, 4) is 0 Å². The third-order valence-electron chi connectivity index (χ3n) is 8.81.